The largest absolute Gasteiger partial charge is 0.454 e. The molecule has 0 bridgehead atoms. The predicted octanol–water partition coefficient (Wildman–Crippen LogP) is 5.08. The second kappa shape index (κ2) is 6.29. The topological polar surface area (TPSA) is 56.3 Å². The Morgan fingerprint density at radius 2 is 1.59 bits per heavy atom. The summed E-state index contributed by atoms with van der Waals surface area (Å²) < 4.78 is 10.8. The molecular formula is C22H17N3O2. The number of hydrogen-bond donors (Lipinski definition) is 1. The maximum atomic E-state index is 5.45. The van der Waals surface area contributed by atoms with Crippen LogP contribution < -0.4 is 14.8 Å². The zero-order valence-corrected chi connectivity index (χ0v) is 14.8. The Labute approximate surface area is 156 Å². The number of aromatic nitrogens is 2. The maximum absolute atomic E-state index is 5.45. The molecule has 5 rings (SSSR count). The van der Waals surface area contributed by atoms with Crippen LogP contribution in [-0.4, -0.2) is 17.0 Å². The van der Waals surface area contributed by atoms with Crippen LogP contribution >= 0.6 is 0 Å². The number of anilines is 2. The van der Waals surface area contributed by atoms with Gasteiger partial charge in [-0.3, -0.25) is 0 Å². The molecule has 1 aromatic heterocycles. The van der Waals surface area contributed by atoms with Gasteiger partial charge in [-0.05, 0) is 19.1 Å². The molecule has 132 valence electrons. The van der Waals surface area contributed by atoms with Gasteiger partial charge in [-0.2, -0.15) is 0 Å². The Bertz CT molecular complexity index is 1140. The van der Waals surface area contributed by atoms with Gasteiger partial charge in [-0.25, -0.2) is 0 Å². The van der Waals surface area contributed by atoms with Crippen molar-refractivity contribution in [2.45, 2.75) is 6.92 Å². The van der Waals surface area contributed by atoms with Crippen molar-refractivity contribution in [1.29, 1.82) is 0 Å². The van der Waals surface area contributed by atoms with E-state index in [1.54, 1.807) is 0 Å². The van der Waals surface area contributed by atoms with E-state index in [2.05, 4.69) is 58.8 Å². The fraction of sp³-hybridized carbons (Fsp3) is 0.0909. The molecule has 1 aliphatic rings. The first-order valence-corrected chi connectivity index (χ1v) is 8.77. The van der Waals surface area contributed by atoms with Gasteiger partial charge < -0.3 is 14.8 Å². The molecule has 0 amide bonds. The highest BCUT2D eigenvalue weighted by molar-refractivity contribution is 6.00. The zero-order valence-electron chi connectivity index (χ0n) is 14.8. The minimum atomic E-state index is 0.257. The standard InChI is InChI=1S/C22H17N3O2/c1-14-6-8-15(9-7-14)21-17-4-2-3-5-18(17)22(25-24-21)23-16-10-11-19-20(12-16)27-13-26-19/h2-12H,13H2,1H3,(H,23,25). The summed E-state index contributed by atoms with van der Waals surface area (Å²) in [5.41, 5.74) is 4.03. The predicted molar refractivity (Wildman–Crippen MR) is 106 cm³/mol. The molecule has 3 aromatic carbocycles. The third kappa shape index (κ3) is 2.83. The third-order valence-corrected chi connectivity index (χ3v) is 4.65. The first kappa shape index (κ1) is 15.6. The van der Waals surface area contributed by atoms with E-state index in [1.165, 1.54) is 5.56 Å². The first-order chi connectivity index (χ1) is 13.3. The number of hydrogen-bond acceptors (Lipinski definition) is 5. The molecule has 0 fully saturated rings. The highest BCUT2D eigenvalue weighted by Gasteiger charge is 2.15. The van der Waals surface area contributed by atoms with Gasteiger partial charge in [0.25, 0.3) is 0 Å². The Morgan fingerprint density at radius 1 is 0.815 bits per heavy atom. The van der Waals surface area contributed by atoms with Crippen LogP contribution in [0.25, 0.3) is 22.0 Å². The molecule has 0 spiro atoms. The van der Waals surface area contributed by atoms with E-state index in [4.69, 9.17) is 9.47 Å². The molecule has 27 heavy (non-hydrogen) atoms. The van der Waals surface area contributed by atoms with Crippen LogP contribution in [0.1, 0.15) is 5.56 Å². The Hall–Kier alpha value is -3.60. The fourth-order valence-corrected chi connectivity index (χ4v) is 3.23. The zero-order chi connectivity index (χ0) is 18.2. The molecule has 1 aliphatic heterocycles. The van der Waals surface area contributed by atoms with Crippen LogP contribution in [0.4, 0.5) is 11.5 Å². The van der Waals surface area contributed by atoms with Gasteiger partial charge in [0.05, 0.1) is 0 Å². The van der Waals surface area contributed by atoms with Crippen molar-refractivity contribution in [2.24, 2.45) is 0 Å². The summed E-state index contributed by atoms with van der Waals surface area (Å²) in [5.74, 6) is 2.19. The van der Waals surface area contributed by atoms with E-state index in [-0.39, 0.29) is 6.79 Å². The molecule has 4 aromatic rings. The number of nitrogens with one attached hydrogen (secondary N) is 1. The lowest BCUT2D eigenvalue weighted by atomic mass is 10.0. The molecular weight excluding hydrogens is 338 g/mol. The van der Waals surface area contributed by atoms with Crippen LogP contribution in [0.3, 0.4) is 0 Å². The van der Waals surface area contributed by atoms with E-state index < -0.39 is 0 Å². The average Bonchev–Trinajstić information content (AvgIpc) is 3.17. The van der Waals surface area contributed by atoms with Gasteiger partial charge in [-0.1, -0.05) is 54.1 Å². The van der Waals surface area contributed by atoms with Gasteiger partial charge in [-0.15, -0.1) is 10.2 Å². The van der Waals surface area contributed by atoms with Crippen molar-refractivity contribution in [2.75, 3.05) is 12.1 Å². The normalized spacial score (nSPS) is 12.3. The number of aryl methyl sites for hydroxylation is 1. The Morgan fingerprint density at radius 3 is 2.44 bits per heavy atom. The molecule has 0 unspecified atom stereocenters. The number of benzene rings is 3. The lowest BCUT2D eigenvalue weighted by Gasteiger charge is -2.11. The van der Waals surface area contributed by atoms with Crippen LogP contribution in [0.5, 0.6) is 11.5 Å². The summed E-state index contributed by atoms with van der Waals surface area (Å²) in [5, 5.41) is 14.4. The monoisotopic (exact) mass is 355 g/mol. The second-order valence-corrected chi connectivity index (χ2v) is 6.50. The molecule has 5 nitrogen and oxygen atoms in total. The Balaban J connectivity index is 1.58. The summed E-state index contributed by atoms with van der Waals surface area (Å²) in [7, 11) is 0. The lowest BCUT2D eigenvalue weighted by molar-refractivity contribution is 0.174. The summed E-state index contributed by atoms with van der Waals surface area (Å²) in [6.07, 6.45) is 0. The molecule has 5 heteroatoms. The van der Waals surface area contributed by atoms with E-state index in [9.17, 15) is 0 Å². The quantitative estimate of drug-likeness (QED) is 0.555. The number of fused-ring (bicyclic) bond motifs is 2. The minimum absolute atomic E-state index is 0.257. The number of ether oxygens (including phenoxy) is 2. The lowest BCUT2D eigenvalue weighted by Crippen LogP contribution is -1.99. The summed E-state index contributed by atoms with van der Waals surface area (Å²) in [6.45, 7) is 2.33. The van der Waals surface area contributed by atoms with Crippen LogP contribution in [0, 0.1) is 6.92 Å². The van der Waals surface area contributed by atoms with E-state index >= 15 is 0 Å². The van der Waals surface area contributed by atoms with E-state index in [0.717, 1.165) is 39.2 Å². The number of nitrogens with zero attached hydrogens (tertiary/aromatic N) is 2. The van der Waals surface area contributed by atoms with Gasteiger partial charge in [0, 0.05) is 28.1 Å². The highest BCUT2D eigenvalue weighted by Crippen LogP contribution is 2.36. The van der Waals surface area contributed by atoms with Gasteiger partial charge in [0.1, 0.15) is 5.69 Å². The van der Waals surface area contributed by atoms with Crippen molar-refractivity contribution in [3.63, 3.8) is 0 Å². The summed E-state index contributed by atoms with van der Waals surface area (Å²) in [4.78, 5) is 0. The highest BCUT2D eigenvalue weighted by atomic mass is 16.7. The third-order valence-electron chi connectivity index (χ3n) is 4.65. The van der Waals surface area contributed by atoms with Crippen molar-refractivity contribution >= 4 is 22.3 Å². The van der Waals surface area contributed by atoms with E-state index in [0.29, 0.717) is 5.82 Å². The van der Waals surface area contributed by atoms with Crippen LogP contribution in [0.2, 0.25) is 0 Å². The summed E-state index contributed by atoms with van der Waals surface area (Å²) >= 11 is 0. The fourth-order valence-electron chi connectivity index (χ4n) is 3.23. The molecule has 0 saturated carbocycles. The summed E-state index contributed by atoms with van der Waals surface area (Å²) in [6, 6.07) is 22.2. The minimum Gasteiger partial charge on any atom is -0.454 e. The van der Waals surface area contributed by atoms with Gasteiger partial charge >= 0.3 is 0 Å². The van der Waals surface area contributed by atoms with Gasteiger partial charge in [0.15, 0.2) is 17.3 Å². The average molecular weight is 355 g/mol. The second-order valence-electron chi connectivity index (χ2n) is 6.50. The molecule has 0 atom stereocenters. The number of rotatable bonds is 3. The van der Waals surface area contributed by atoms with Crippen LogP contribution in [-0.2, 0) is 0 Å². The van der Waals surface area contributed by atoms with Crippen LogP contribution in [0.15, 0.2) is 66.7 Å². The molecule has 0 aliphatic carbocycles. The van der Waals surface area contributed by atoms with Crippen molar-refractivity contribution < 1.29 is 9.47 Å². The van der Waals surface area contributed by atoms with Gasteiger partial charge in [0.2, 0.25) is 6.79 Å². The van der Waals surface area contributed by atoms with Crippen molar-refractivity contribution in [3.05, 3.63) is 72.3 Å². The molecule has 0 radical (unpaired) electrons. The van der Waals surface area contributed by atoms with Crippen molar-refractivity contribution in [1.82, 2.24) is 10.2 Å². The Kier molecular flexibility index (Phi) is 3.64. The SMILES string of the molecule is Cc1ccc(-c2nnc(Nc3ccc4c(c3)OCO4)c3ccccc23)cc1. The molecule has 0 saturated heterocycles. The van der Waals surface area contributed by atoms with Crippen molar-refractivity contribution in [3.8, 4) is 22.8 Å². The molecule has 2 heterocycles. The van der Waals surface area contributed by atoms with E-state index in [1.807, 2.05) is 30.3 Å². The smallest absolute Gasteiger partial charge is 0.231 e. The molecule has 1 N–H and O–H groups in total. The maximum Gasteiger partial charge on any atom is 0.231 e. The first-order valence-electron chi connectivity index (χ1n) is 8.77.